The number of amides is 3. The van der Waals surface area contributed by atoms with Crippen LogP contribution in [-0.2, 0) is 9.59 Å². The molecule has 0 aromatic carbocycles. The van der Waals surface area contributed by atoms with Crippen LogP contribution in [0.5, 0.6) is 0 Å². The highest BCUT2D eigenvalue weighted by Crippen LogP contribution is 2.24. The number of nitrogens with zero attached hydrogens (tertiary/aromatic N) is 3. The predicted octanol–water partition coefficient (Wildman–Crippen LogP) is 2.32. The number of piperidine rings is 1. The minimum Gasteiger partial charge on any atom is -0.369 e. The summed E-state index contributed by atoms with van der Waals surface area (Å²) in [5.41, 5.74) is 5.97. The first-order valence-corrected chi connectivity index (χ1v) is 10.8. The van der Waals surface area contributed by atoms with Crippen LogP contribution in [0.3, 0.4) is 0 Å². The molecule has 1 fully saturated rings. The number of likely N-dealkylation sites (N-methyl/N-ethyl adjacent to an activating group) is 1. The Morgan fingerprint density at radius 2 is 2.14 bits per heavy atom. The number of nitrogens with one attached hydrogen (secondary N) is 1. The van der Waals surface area contributed by atoms with E-state index in [0.29, 0.717) is 17.1 Å². The molecule has 29 heavy (non-hydrogen) atoms. The number of carbonyl (C=O) groups excluding carboxylic acids is 3. The van der Waals surface area contributed by atoms with Crippen LogP contribution in [0.4, 0.5) is 11.5 Å². The Kier molecular flexibility index (Phi) is 6.86. The van der Waals surface area contributed by atoms with Gasteiger partial charge >= 0.3 is 0 Å². The summed E-state index contributed by atoms with van der Waals surface area (Å²) >= 11 is 4.65. The number of anilines is 2. The van der Waals surface area contributed by atoms with Crippen molar-refractivity contribution in [3.8, 4) is 0 Å². The maximum absolute atomic E-state index is 12.3. The molecule has 0 saturated carbocycles. The van der Waals surface area contributed by atoms with Crippen molar-refractivity contribution in [3.63, 3.8) is 0 Å². The van der Waals surface area contributed by atoms with Gasteiger partial charge in [0.15, 0.2) is 0 Å². The van der Waals surface area contributed by atoms with Gasteiger partial charge in [-0.1, -0.05) is 0 Å². The van der Waals surface area contributed by atoms with Gasteiger partial charge < -0.3 is 20.9 Å². The van der Waals surface area contributed by atoms with E-state index in [-0.39, 0.29) is 30.2 Å². The Morgan fingerprint density at radius 3 is 2.76 bits per heavy atom. The minimum absolute atomic E-state index is 0.0669. The number of primary amides is 1. The second kappa shape index (κ2) is 9.36. The van der Waals surface area contributed by atoms with Gasteiger partial charge in [0.1, 0.15) is 5.82 Å². The number of hydrogen-bond donors (Lipinski definition) is 2. The second-order valence-corrected chi connectivity index (χ2v) is 9.37. The molecular weight excluding hydrogens is 458 g/mol. The van der Waals surface area contributed by atoms with Gasteiger partial charge in [-0.25, -0.2) is 4.98 Å². The van der Waals surface area contributed by atoms with Gasteiger partial charge in [0, 0.05) is 20.1 Å². The summed E-state index contributed by atoms with van der Waals surface area (Å²) in [5, 5.41) is 2.75. The number of pyridine rings is 1. The number of rotatable bonds is 6. The van der Waals surface area contributed by atoms with E-state index < -0.39 is 0 Å². The molecule has 0 radical (unpaired) electrons. The fourth-order valence-corrected chi connectivity index (χ4v) is 4.55. The average Bonchev–Trinajstić information content (AvgIpc) is 3.14. The Balaban J connectivity index is 1.54. The van der Waals surface area contributed by atoms with E-state index in [1.54, 1.807) is 37.5 Å². The SMILES string of the molecule is CN(CC(=O)Nc1ccc(N2CCCC(C(N)=O)C2)nc1)C(=O)c1ccc(Br)s1. The fraction of sp³-hybridized carbons (Fsp3) is 0.368. The maximum Gasteiger partial charge on any atom is 0.264 e. The lowest BCUT2D eigenvalue weighted by Crippen LogP contribution is -2.41. The number of thiophene rings is 1. The number of carbonyl (C=O) groups is 3. The van der Waals surface area contributed by atoms with E-state index >= 15 is 0 Å². The van der Waals surface area contributed by atoms with Crippen molar-refractivity contribution in [3.05, 3.63) is 39.1 Å². The summed E-state index contributed by atoms with van der Waals surface area (Å²) in [4.78, 5) is 44.4. The Labute approximate surface area is 181 Å². The zero-order valence-electron chi connectivity index (χ0n) is 15.9. The molecule has 0 spiro atoms. The smallest absolute Gasteiger partial charge is 0.264 e. The first-order chi connectivity index (χ1) is 13.8. The summed E-state index contributed by atoms with van der Waals surface area (Å²) in [6.07, 6.45) is 3.25. The van der Waals surface area contributed by atoms with Crippen molar-refractivity contribution in [1.82, 2.24) is 9.88 Å². The largest absolute Gasteiger partial charge is 0.369 e. The summed E-state index contributed by atoms with van der Waals surface area (Å²) in [5.74, 6) is -0.227. The molecule has 3 N–H and O–H groups in total. The lowest BCUT2D eigenvalue weighted by atomic mass is 9.97. The van der Waals surface area contributed by atoms with Crippen molar-refractivity contribution in [2.45, 2.75) is 12.8 Å². The molecule has 1 aliphatic heterocycles. The van der Waals surface area contributed by atoms with E-state index in [1.807, 2.05) is 4.90 Å². The van der Waals surface area contributed by atoms with Crippen LogP contribution in [0, 0.1) is 5.92 Å². The number of aromatic nitrogens is 1. The predicted molar refractivity (Wildman–Crippen MR) is 116 cm³/mol. The lowest BCUT2D eigenvalue weighted by Gasteiger charge is -2.32. The third kappa shape index (κ3) is 5.54. The van der Waals surface area contributed by atoms with Gasteiger partial charge in [-0.2, -0.15) is 0 Å². The number of nitrogens with two attached hydrogens (primary N) is 1. The van der Waals surface area contributed by atoms with Crippen molar-refractivity contribution in [1.29, 1.82) is 0 Å². The van der Waals surface area contributed by atoms with Crippen LogP contribution < -0.4 is 16.0 Å². The zero-order chi connectivity index (χ0) is 21.0. The third-order valence-corrected chi connectivity index (χ3v) is 6.30. The highest BCUT2D eigenvalue weighted by molar-refractivity contribution is 9.11. The number of halogens is 1. The maximum atomic E-state index is 12.3. The van der Waals surface area contributed by atoms with E-state index in [2.05, 4.69) is 26.2 Å². The fourth-order valence-electron chi connectivity index (χ4n) is 3.17. The molecule has 1 saturated heterocycles. The molecule has 10 heteroatoms. The molecule has 3 heterocycles. The van der Waals surface area contributed by atoms with Gasteiger partial charge in [0.25, 0.3) is 5.91 Å². The average molecular weight is 480 g/mol. The van der Waals surface area contributed by atoms with Crippen LogP contribution in [-0.4, -0.2) is 54.3 Å². The van der Waals surface area contributed by atoms with Crippen molar-refractivity contribution in [2.75, 3.05) is 36.9 Å². The lowest BCUT2D eigenvalue weighted by molar-refractivity contribution is -0.122. The monoisotopic (exact) mass is 479 g/mol. The minimum atomic E-state index is -0.308. The Morgan fingerprint density at radius 1 is 1.34 bits per heavy atom. The molecule has 154 valence electrons. The first-order valence-electron chi connectivity index (χ1n) is 9.14. The molecule has 3 amide bonds. The Bertz CT molecular complexity index is 902. The number of hydrogen-bond acceptors (Lipinski definition) is 6. The van der Waals surface area contributed by atoms with Crippen LogP contribution in [0.2, 0.25) is 0 Å². The van der Waals surface area contributed by atoms with Crippen LogP contribution in [0.25, 0.3) is 0 Å². The van der Waals surface area contributed by atoms with Gasteiger partial charge in [-0.3, -0.25) is 14.4 Å². The second-order valence-electron chi connectivity index (χ2n) is 6.91. The molecule has 1 aliphatic rings. The summed E-state index contributed by atoms with van der Waals surface area (Å²) in [6, 6.07) is 7.08. The molecule has 2 aromatic heterocycles. The standard InChI is InChI=1S/C19H22BrN5O3S/c1-24(19(28)14-5-6-15(20)29-14)11-17(26)23-13-4-7-16(22-9-13)25-8-2-3-12(10-25)18(21)27/h4-7,9,12H,2-3,8,10-11H2,1H3,(H2,21,27)(H,23,26). The van der Waals surface area contributed by atoms with Crippen LogP contribution >= 0.6 is 27.3 Å². The molecule has 2 aromatic rings. The van der Waals surface area contributed by atoms with Gasteiger partial charge in [-0.15, -0.1) is 11.3 Å². The van der Waals surface area contributed by atoms with Crippen LogP contribution in [0.15, 0.2) is 34.2 Å². The summed E-state index contributed by atoms with van der Waals surface area (Å²) in [6.45, 7) is 1.30. The highest BCUT2D eigenvalue weighted by Gasteiger charge is 2.24. The molecular formula is C19H22BrN5O3S. The van der Waals surface area contributed by atoms with Crippen molar-refractivity contribution in [2.24, 2.45) is 11.7 Å². The summed E-state index contributed by atoms with van der Waals surface area (Å²) < 4.78 is 0.862. The molecule has 3 rings (SSSR count). The van der Waals surface area contributed by atoms with Crippen LogP contribution in [0.1, 0.15) is 22.5 Å². The summed E-state index contributed by atoms with van der Waals surface area (Å²) in [7, 11) is 1.59. The molecule has 0 bridgehead atoms. The Hall–Kier alpha value is -2.46. The van der Waals surface area contributed by atoms with E-state index in [1.165, 1.54) is 16.2 Å². The molecule has 1 atom stereocenters. The molecule has 1 unspecified atom stereocenters. The third-order valence-electron chi connectivity index (χ3n) is 4.69. The zero-order valence-corrected chi connectivity index (χ0v) is 18.3. The van der Waals surface area contributed by atoms with Crippen molar-refractivity contribution >= 4 is 56.5 Å². The van der Waals surface area contributed by atoms with E-state index in [0.717, 1.165) is 29.0 Å². The van der Waals surface area contributed by atoms with Gasteiger partial charge in [-0.05, 0) is 53.0 Å². The van der Waals surface area contributed by atoms with Gasteiger partial charge in [0.2, 0.25) is 11.8 Å². The first kappa shape index (κ1) is 21.3. The molecule has 8 nitrogen and oxygen atoms in total. The quantitative estimate of drug-likeness (QED) is 0.660. The highest BCUT2D eigenvalue weighted by atomic mass is 79.9. The van der Waals surface area contributed by atoms with E-state index in [4.69, 9.17) is 5.73 Å². The topological polar surface area (TPSA) is 109 Å². The normalized spacial score (nSPS) is 16.3. The van der Waals surface area contributed by atoms with Gasteiger partial charge in [0.05, 0.1) is 33.0 Å². The van der Waals surface area contributed by atoms with E-state index in [9.17, 15) is 14.4 Å². The molecule has 0 aliphatic carbocycles. The van der Waals surface area contributed by atoms with Crippen molar-refractivity contribution < 1.29 is 14.4 Å².